The van der Waals surface area contributed by atoms with Gasteiger partial charge in [-0.2, -0.15) is 13.2 Å². The fourth-order valence-electron chi connectivity index (χ4n) is 2.30. The third kappa shape index (κ3) is 4.21. The minimum atomic E-state index is -4.40. The number of nitrogens with zero attached hydrogens (tertiary/aromatic N) is 1. The number of thioether (sulfide) groups is 2. The highest BCUT2D eigenvalue weighted by Gasteiger charge is 2.32. The number of rotatable bonds is 5. The first-order chi connectivity index (χ1) is 11.3. The maximum Gasteiger partial charge on any atom is 0.417 e. The first-order valence-electron chi connectivity index (χ1n) is 7.41. The maximum absolute atomic E-state index is 13.0. The Morgan fingerprint density at radius 3 is 2.38 bits per heavy atom. The van der Waals surface area contributed by atoms with Crippen molar-refractivity contribution in [1.82, 2.24) is 4.98 Å². The second-order valence-electron chi connectivity index (χ2n) is 4.98. The Morgan fingerprint density at radius 2 is 1.79 bits per heavy atom. The molecule has 0 radical (unpaired) electrons. The predicted octanol–water partition coefficient (Wildman–Crippen LogP) is 6.95. The molecule has 2 rings (SSSR count). The minimum absolute atomic E-state index is 0.533. The molecule has 0 spiro atoms. The van der Waals surface area contributed by atoms with E-state index in [-0.39, 0.29) is 0 Å². The zero-order valence-corrected chi connectivity index (χ0v) is 15.9. The Morgan fingerprint density at radius 1 is 1.12 bits per heavy atom. The van der Waals surface area contributed by atoms with Crippen LogP contribution in [0.4, 0.5) is 13.2 Å². The first-order valence-corrected chi connectivity index (χ1v) is 9.76. The lowest BCUT2D eigenvalue weighted by Gasteiger charge is -2.16. The summed E-state index contributed by atoms with van der Waals surface area (Å²) in [5.41, 5.74) is 1.61. The lowest BCUT2D eigenvalue weighted by Crippen LogP contribution is -2.06. The number of hydrogen-bond donors (Lipinski definition) is 0. The zero-order valence-electron chi connectivity index (χ0n) is 13.5. The van der Waals surface area contributed by atoms with Gasteiger partial charge in [-0.3, -0.25) is 4.98 Å². The van der Waals surface area contributed by atoms with E-state index in [0.717, 1.165) is 28.0 Å². The second-order valence-corrected chi connectivity index (χ2v) is 7.97. The van der Waals surface area contributed by atoms with Crippen LogP contribution >= 0.6 is 35.1 Å². The third-order valence-electron chi connectivity index (χ3n) is 3.38. The van der Waals surface area contributed by atoms with Crippen LogP contribution in [0.25, 0.3) is 11.3 Å². The van der Waals surface area contributed by atoms with Crippen LogP contribution in [0.1, 0.15) is 25.0 Å². The Labute approximate surface area is 153 Å². The van der Waals surface area contributed by atoms with Gasteiger partial charge in [0.25, 0.3) is 0 Å². The van der Waals surface area contributed by atoms with Gasteiger partial charge in [0.05, 0.1) is 16.3 Å². The van der Waals surface area contributed by atoms with Crippen molar-refractivity contribution in [2.45, 2.75) is 36.7 Å². The van der Waals surface area contributed by atoms with Crippen molar-refractivity contribution < 1.29 is 13.2 Å². The smallest absolute Gasteiger partial charge is 0.254 e. The van der Waals surface area contributed by atoms with Crippen LogP contribution in [-0.2, 0) is 6.18 Å². The summed E-state index contributed by atoms with van der Waals surface area (Å²) in [4.78, 5) is 5.61. The highest BCUT2D eigenvalue weighted by Crippen LogP contribution is 2.40. The van der Waals surface area contributed by atoms with Crippen LogP contribution in [-0.4, -0.2) is 16.5 Å². The van der Waals surface area contributed by atoms with Crippen molar-refractivity contribution in [3.8, 4) is 11.3 Å². The SMILES string of the molecule is CCSc1cc(C(F)(F)F)cnc1-c1ccc(Cl)c(SCC)c1C. The highest BCUT2D eigenvalue weighted by molar-refractivity contribution is 7.99. The Kier molecular flexibility index (Phi) is 6.51. The Hall–Kier alpha value is -0.850. The van der Waals surface area contributed by atoms with Gasteiger partial charge in [0.1, 0.15) is 0 Å². The fourth-order valence-corrected chi connectivity index (χ4v) is 4.31. The van der Waals surface area contributed by atoms with Crippen LogP contribution in [0.5, 0.6) is 0 Å². The van der Waals surface area contributed by atoms with E-state index in [0.29, 0.717) is 21.4 Å². The molecule has 0 saturated heterocycles. The van der Waals surface area contributed by atoms with Gasteiger partial charge in [-0.25, -0.2) is 0 Å². The van der Waals surface area contributed by atoms with Crippen molar-refractivity contribution in [2.75, 3.05) is 11.5 Å². The van der Waals surface area contributed by atoms with E-state index in [1.807, 2.05) is 26.8 Å². The van der Waals surface area contributed by atoms with Crippen LogP contribution in [0.15, 0.2) is 34.2 Å². The number of halogens is 4. The fraction of sp³-hybridized carbons (Fsp3) is 0.353. The van der Waals surface area contributed by atoms with E-state index in [9.17, 15) is 13.2 Å². The molecule has 0 N–H and O–H groups in total. The molecule has 0 aliphatic carbocycles. The molecule has 24 heavy (non-hydrogen) atoms. The van der Waals surface area contributed by atoms with Gasteiger partial charge in [-0.05, 0) is 36.1 Å². The summed E-state index contributed by atoms with van der Waals surface area (Å²) in [6.45, 7) is 5.86. The molecule has 1 heterocycles. The number of pyridine rings is 1. The van der Waals surface area contributed by atoms with Gasteiger partial charge in [0, 0.05) is 21.6 Å². The molecule has 0 aliphatic rings. The van der Waals surface area contributed by atoms with E-state index in [1.165, 1.54) is 17.8 Å². The van der Waals surface area contributed by atoms with Gasteiger partial charge in [0.15, 0.2) is 0 Å². The highest BCUT2D eigenvalue weighted by atomic mass is 35.5. The van der Waals surface area contributed by atoms with Gasteiger partial charge in [-0.15, -0.1) is 23.5 Å². The summed E-state index contributed by atoms with van der Waals surface area (Å²) in [5.74, 6) is 1.53. The molecule has 0 bridgehead atoms. The van der Waals surface area contributed by atoms with Gasteiger partial charge in [0.2, 0.25) is 0 Å². The lowest BCUT2D eigenvalue weighted by atomic mass is 10.0. The van der Waals surface area contributed by atoms with Crippen LogP contribution < -0.4 is 0 Å². The number of alkyl halides is 3. The molecule has 2 aromatic rings. The Balaban J connectivity index is 2.62. The molecule has 0 aliphatic heterocycles. The molecule has 0 atom stereocenters. The van der Waals surface area contributed by atoms with Crippen molar-refractivity contribution >= 4 is 35.1 Å². The molecule has 0 unspecified atom stereocenters. The Bertz CT molecular complexity index is 733. The molecule has 1 nitrogen and oxygen atoms in total. The topological polar surface area (TPSA) is 12.9 Å². The largest absolute Gasteiger partial charge is 0.417 e. The van der Waals surface area contributed by atoms with Crippen LogP contribution in [0, 0.1) is 6.92 Å². The molecule has 1 aromatic carbocycles. The molecule has 0 amide bonds. The number of benzene rings is 1. The van der Waals surface area contributed by atoms with Gasteiger partial charge < -0.3 is 0 Å². The van der Waals surface area contributed by atoms with E-state index >= 15 is 0 Å². The molecule has 130 valence electrons. The predicted molar refractivity (Wildman–Crippen MR) is 97.2 cm³/mol. The molecule has 1 aromatic heterocycles. The van der Waals surface area contributed by atoms with Crippen LogP contribution in [0.3, 0.4) is 0 Å². The second kappa shape index (κ2) is 8.02. The first kappa shape index (κ1) is 19.5. The molecular formula is C17H17ClF3NS2. The molecular weight excluding hydrogens is 375 g/mol. The zero-order chi connectivity index (χ0) is 17.9. The van der Waals surface area contributed by atoms with E-state index in [4.69, 9.17) is 11.6 Å². The van der Waals surface area contributed by atoms with E-state index in [1.54, 1.807) is 17.8 Å². The molecule has 0 saturated carbocycles. The lowest BCUT2D eigenvalue weighted by molar-refractivity contribution is -0.138. The monoisotopic (exact) mass is 391 g/mol. The van der Waals surface area contributed by atoms with E-state index < -0.39 is 11.7 Å². The van der Waals surface area contributed by atoms with E-state index in [2.05, 4.69) is 4.98 Å². The summed E-state index contributed by atoms with van der Waals surface area (Å²) in [6, 6.07) is 4.78. The van der Waals surface area contributed by atoms with Crippen molar-refractivity contribution in [2.24, 2.45) is 0 Å². The van der Waals surface area contributed by atoms with Crippen LogP contribution in [0.2, 0.25) is 5.02 Å². The summed E-state index contributed by atoms with van der Waals surface area (Å²) in [5, 5.41) is 0.653. The summed E-state index contributed by atoms with van der Waals surface area (Å²) in [7, 11) is 0. The average molecular weight is 392 g/mol. The van der Waals surface area contributed by atoms with Crippen molar-refractivity contribution in [3.63, 3.8) is 0 Å². The van der Waals surface area contributed by atoms with Gasteiger partial charge in [-0.1, -0.05) is 31.5 Å². The van der Waals surface area contributed by atoms with Crippen molar-refractivity contribution in [3.05, 3.63) is 40.5 Å². The quantitative estimate of drug-likeness (QED) is 0.511. The third-order valence-corrected chi connectivity index (χ3v) is 5.82. The maximum atomic E-state index is 13.0. The average Bonchev–Trinajstić information content (AvgIpc) is 2.51. The standard InChI is InChI=1S/C17H17ClF3NS2/c1-4-23-14-8-11(17(19,20)21)9-22-15(14)12-6-7-13(18)16(10(12)3)24-5-2/h6-9H,4-5H2,1-3H3. The summed E-state index contributed by atoms with van der Waals surface area (Å²) >= 11 is 9.23. The van der Waals surface area contributed by atoms with Gasteiger partial charge >= 0.3 is 6.18 Å². The number of hydrogen-bond acceptors (Lipinski definition) is 3. The van der Waals surface area contributed by atoms with Crippen molar-refractivity contribution in [1.29, 1.82) is 0 Å². The normalized spacial score (nSPS) is 11.8. The number of aromatic nitrogens is 1. The molecule has 0 fully saturated rings. The molecule has 7 heteroatoms. The summed E-state index contributed by atoms with van der Waals surface area (Å²) < 4.78 is 38.9. The minimum Gasteiger partial charge on any atom is -0.254 e. The summed E-state index contributed by atoms with van der Waals surface area (Å²) in [6.07, 6.45) is -3.50.